The number of hydrogen-bond donors (Lipinski definition) is 1. The van der Waals surface area contributed by atoms with Crippen molar-refractivity contribution in [3.05, 3.63) is 76.4 Å². The summed E-state index contributed by atoms with van der Waals surface area (Å²) in [7, 11) is -3.47. The quantitative estimate of drug-likeness (QED) is 0.602. The van der Waals surface area contributed by atoms with Crippen LogP contribution in [0, 0.1) is 6.92 Å². The SMILES string of the molecule is CCc1cccc(C)c1N(Cc1ccc(C(=O)NCC2=CCCCC2)cc1)S(C)(=O)=O. The molecule has 1 aliphatic carbocycles. The van der Waals surface area contributed by atoms with Gasteiger partial charge in [0, 0.05) is 12.1 Å². The first-order valence-corrected chi connectivity index (χ1v) is 12.8. The number of carbonyl (C=O) groups excluding carboxylic acids is 1. The molecule has 0 fully saturated rings. The average molecular weight is 441 g/mol. The van der Waals surface area contributed by atoms with Crippen molar-refractivity contribution in [2.45, 2.75) is 52.5 Å². The Balaban J connectivity index is 1.75. The third kappa shape index (κ3) is 5.97. The fourth-order valence-corrected chi connectivity index (χ4v) is 4.99. The second kappa shape index (κ2) is 10.1. The number of anilines is 1. The first-order valence-electron chi connectivity index (χ1n) is 10.9. The molecule has 3 rings (SSSR count). The van der Waals surface area contributed by atoms with Crippen LogP contribution >= 0.6 is 0 Å². The molecule has 5 nitrogen and oxygen atoms in total. The van der Waals surface area contributed by atoms with E-state index in [1.54, 1.807) is 12.1 Å². The topological polar surface area (TPSA) is 66.5 Å². The molecule has 0 unspecified atom stereocenters. The van der Waals surface area contributed by atoms with Gasteiger partial charge in [-0.1, -0.05) is 48.9 Å². The maximum Gasteiger partial charge on any atom is 0.251 e. The van der Waals surface area contributed by atoms with Crippen molar-refractivity contribution >= 4 is 21.6 Å². The molecule has 0 bridgehead atoms. The average Bonchev–Trinajstić information content (AvgIpc) is 2.76. The largest absolute Gasteiger partial charge is 0.348 e. The molecule has 1 amide bonds. The van der Waals surface area contributed by atoms with E-state index >= 15 is 0 Å². The lowest BCUT2D eigenvalue weighted by Gasteiger charge is -2.27. The van der Waals surface area contributed by atoms with Crippen LogP contribution in [0.5, 0.6) is 0 Å². The first kappa shape index (κ1) is 23.1. The van der Waals surface area contributed by atoms with E-state index in [0.29, 0.717) is 12.1 Å². The van der Waals surface area contributed by atoms with Gasteiger partial charge in [-0.25, -0.2) is 8.42 Å². The van der Waals surface area contributed by atoms with Crippen LogP contribution in [0.25, 0.3) is 0 Å². The van der Waals surface area contributed by atoms with Crippen molar-refractivity contribution in [1.82, 2.24) is 5.32 Å². The van der Waals surface area contributed by atoms with Crippen molar-refractivity contribution in [3.8, 4) is 0 Å². The highest BCUT2D eigenvalue weighted by Crippen LogP contribution is 2.29. The van der Waals surface area contributed by atoms with Gasteiger partial charge in [-0.2, -0.15) is 0 Å². The Morgan fingerprint density at radius 1 is 1.10 bits per heavy atom. The molecule has 0 radical (unpaired) electrons. The van der Waals surface area contributed by atoms with Crippen LogP contribution in [0.1, 0.15) is 59.7 Å². The summed E-state index contributed by atoms with van der Waals surface area (Å²) in [6.07, 6.45) is 8.78. The number of para-hydroxylation sites is 1. The lowest BCUT2D eigenvalue weighted by Crippen LogP contribution is -2.31. The van der Waals surface area contributed by atoms with Crippen molar-refractivity contribution in [2.75, 3.05) is 17.1 Å². The van der Waals surface area contributed by atoms with Crippen molar-refractivity contribution in [3.63, 3.8) is 0 Å². The summed E-state index contributed by atoms with van der Waals surface area (Å²) in [6.45, 7) is 4.78. The highest BCUT2D eigenvalue weighted by molar-refractivity contribution is 7.92. The molecule has 166 valence electrons. The summed E-state index contributed by atoms with van der Waals surface area (Å²) in [5, 5.41) is 2.99. The second-order valence-corrected chi connectivity index (χ2v) is 10.1. The van der Waals surface area contributed by atoms with Gasteiger partial charge in [-0.05, 0) is 67.9 Å². The first-order chi connectivity index (χ1) is 14.8. The van der Waals surface area contributed by atoms with E-state index in [0.717, 1.165) is 41.6 Å². The Labute approximate surface area is 186 Å². The minimum Gasteiger partial charge on any atom is -0.348 e. The maximum absolute atomic E-state index is 12.6. The summed E-state index contributed by atoms with van der Waals surface area (Å²) < 4.78 is 26.7. The molecule has 2 aromatic rings. The van der Waals surface area contributed by atoms with Crippen molar-refractivity contribution in [1.29, 1.82) is 0 Å². The molecule has 1 N–H and O–H groups in total. The predicted molar refractivity (Wildman–Crippen MR) is 127 cm³/mol. The molecule has 6 heteroatoms. The number of carbonyl (C=O) groups is 1. The monoisotopic (exact) mass is 440 g/mol. The molecular weight excluding hydrogens is 408 g/mol. The lowest BCUT2D eigenvalue weighted by molar-refractivity contribution is 0.0956. The van der Waals surface area contributed by atoms with Crippen molar-refractivity contribution < 1.29 is 13.2 Å². The van der Waals surface area contributed by atoms with Crippen molar-refractivity contribution in [2.24, 2.45) is 0 Å². The standard InChI is InChI=1S/C25H32N2O3S/c1-4-22-12-8-9-19(2)24(22)27(31(3,29)30)18-21-13-15-23(16-14-21)25(28)26-17-20-10-6-5-7-11-20/h8-10,12-16H,4-7,11,17-18H2,1-3H3,(H,26,28). The van der Waals surface area contributed by atoms with E-state index in [9.17, 15) is 13.2 Å². The van der Waals surface area contributed by atoms with Crippen LogP contribution in [0.15, 0.2) is 54.1 Å². The van der Waals surface area contributed by atoms with Gasteiger partial charge in [0.2, 0.25) is 10.0 Å². The lowest BCUT2D eigenvalue weighted by atomic mass is 9.99. The predicted octanol–water partition coefficient (Wildman–Crippen LogP) is 4.75. The van der Waals surface area contributed by atoms with E-state index in [1.807, 2.05) is 44.2 Å². The number of hydrogen-bond acceptors (Lipinski definition) is 3. The number of rotatable bonds is 8. The van der Waals surface area contributed by atoms with Gasteiger partial charge in [0.25, 0.3) is 5.91 Å². The highest BCUT2D eigenvalue weighted by atomic mass is 32.2. The molecular formula is C25H32N2O3S. The molecule has 0 spiro atoms. The fraction of sp³-hybridized carbons (Fsp3) is 0.400. The van der Waals surface area contributed by atoms with Crippen LogP contribution in [-0.2, 0) is 23.0 Å². The Kier molecular flexibility index (Phi) is 7.55. The molecule has 31 heavy (non-hydrogen) atoms. The second-order valence-electron chi connectivity index (χ2n) is 8.19. The minimum atomic E-state index is -3.47. The molecule has 0 saturated carbocycles. The Hall–Kier alpha value is -2.60. The van der Waals surface area contributed by atoms with Gasteiger partial charge in [0.15, 0.2) is 0 Å². The highest BCUT2D eigenvalue weighted by Gasteiger charge is 2.22. The third-order valence-corrected chi connectivity index (χ3v) is 6.87. The normalized spacial score (nSPS) is 14.1. The zero-order chi connectivity index (χ0) is 22.4. The van der Waals surface area contributed by atoms with E-state index in [1.165, 1.54) is 29.0 Å². The maximum atomic E-state index is 12.6. The van der Waals surface area contributed by atoms with Crippen LogP contribution in [0.3, 0.4) is 0 Å². The number of amides is 1. The van der Waals surface area contributed by atoms with E-state index in [-0.39, 0.29) is 12.5 Å². The number of benzene rings is 2. The Bertz CT molecular complexity index is 1060. The van der Waals surface area contributed by atoms with Gasteiger partial charge < -0.3 is 5.32 Å². The minimum absolute atomic E-state index is 0.106. The van der Waals surface area contributed by atoms with Crippen LogP contribution < -0.4 is 9.62 Å². The fourth-order valence-electron chi connectivity index (χ4n) is 4.01. The van der Waals surface area contributed by atoms with Gasteiger partial charge >= 0.3 is 0 Å². The molecule has 0 aliphatic heterocycles. The summed E-state index contributed by atoms with van der Waals surface area (Å²) in [5.74, 6) is -0.106. The zero-order valence-electron chi connectivity index (χ0n) is 18.6. The molecule has 0 atom stereocenters. The van der Waals surface area contributed by atoms with Crippen LogP contribution in [0.2, 0.25) is 0 Å². The Morgan fingerprint density at radius 2 is 1.84 bits per heavy atom. The summed E-state index contributed by atoms with van der Waals surface area (Å²) >= 11 is 0. The van der Waals surface area contributed by atoms with Gasteiger partial charge in [0.05, 0.1) is 18.5 Å². The third-order valence-electron chi connectivity index (χ3n) is 5.76. The smallest absolute Gasteiger partial charge is 0.251 e. The van der Waals surface area contributed by atoms with E-state index in [4.69, 9.17) is 0 Å². The summed E-state index contributed by atoms with van der Waals surface area (Å²) in [5.41, 5.74) is 5.38. The zero-order valence-corrected chi connectivity index (χ0v) is 19.5. The number of allylic oxidation sites excluding steroid dienone is 1. The summed E-state index contributed by atoms with van der Waals surface area (Å²) in [4.78, 5) is 12.5. The van der Waals surface area contributed by atoms with Gasteiger partial charge in [-0.15, -0.1) is 0 Å². The van der Waals surface area contributed by atoms with E-state index < -0.39 is 10.0 Å². The van der Waals surface area contributed by atoms with Gasteiger partial charge in [0.1, 0.15) is 0 Å². The number of sulfonamides is 1. The number of nitrogens with zero attached hydrogens (tertiary/aromatic N) is 1. The molecule has 1 aliphatic rings. The molecule has 0 aromatic heterocycles. The Morgan fingerprint density at radius 3 is 2.45 bits per heavy atom. The molecule has 0 saturated heterocycles. The van der Waals surface area contributed by atoms with E-state index in [2.05, 4.69) is 11.4 Å². The summed E-state index contributed by atoms with van der Waals surface area (Å²) in [6, 6.07) is 13.0. The number of aryl methyl sites for hydroxylation is 2. The molecule has 2 aromatic carbocycles. The van der Waals surface area contributed by atoms with Crippen LogP contribution in [0.4, 0.5) is 5.69 Å². The number of nitrogens with one attached hydrogen (secondary N) is 1. The molecule has 0 heterocycles. The van der Waals surface area contributed by atoms with Crippen LogP contribution in [-0.4, -0.2) is 27.1 Å². The van der Waals surface area contributed by atoms with Gasteiger partial charge in [-0.3, -0.25) is 9.10 Å².